The lowest BCUT2D eigenvalue weighted by Gasteiger charge is -2.03. The molecule has 0 amide bonds. The summed E-state index contributed by atoms with van der Waals surface area (Å²) in [5, 5.41) is 10.0. The van der Waals surface area contributed by atoms with Crippen LogP contribution in [0.1, 0.15) is 11.5 Å². The summed E-state index contributed by atoms with van der Waals surface area (Å²) < 4.78 is 2.07. The number of aryl methyl sites for hydroxylation is 2. The molecule has 5 nitrogen and oxygen atoms in total. The molecule has 0 radical (unpaired) electrons. The first-order chi connectivity index (χ1) is 9.63. The van der Waals surface area contributed by atoms with E-state index in [4.69, 9.17) is 0 Å². The molecule has 0 atom stereocenters. The van der Waals surface area contributed by atoms with Crippen LogP contribution in [-0.2, 0) is 12.8 Å². The van der Waals surface area contributed by atoms with Crippen molar-refractivity contribution in [1.82, 2.24) is 19.5 Å². The molecule has 0 aliphatic carbocycles. The molecule has 0 bridgehead atoms. The molecule has 0 aliphatic rings. The van der Waals surface area contributed by atoms with Gasteiger partial charge in [0.1, 0.15) is 5.82 Å². The Morgan fingerprint density at radius 1 is 1.14 bits per heavy atom. The van der Waals surface area contributed by atoms with E-state index in [9.17, 15) is 5.11 Å². The van der Waals surface area contributed by atoms with Gasteiger partial charge in [-0.2, -0.15) is 4.98 Å². The number of thioether (sulfide) groups is 1. The van der Waals surface area contributed by atoms with Crippen molar-refractivity contribution in [2.24, 2.45) is 7.05 Å². The second-order valence-electron chi connectivity index (χ2n) is 4.51. The van der Waals surface area contributed by atoms with Crippen molar-refractivity contribution in [3.05, 3.63) is 41.9 Å². The summed E-state index contributed by atoms with van der Waals surface area (Å²) in [6.45, 7) is 1.83. The summed E-state index contributed by atoms with van der Waals surface area (Å²) in [7, 11) is 2.00. The highest BCUT2D eigenvalue weighted by atomic mass is 35.5. The minimum atomic E-state index is 0. The van der Waals surface area contributed by atoms with E-state index < -0.39 is 0 Å². The predicted octanol–water partition coefficient (Wildman–Crippen LogP) is 3.51. The van der Waals surface area contributed by atoms with E-state index in [1.54, 1.807) is 6.07 Å². The lowest BCUT2D eigenvalue weighted by molar-refractivity contribution is 0.444. The number of benzene rings is 1. The topological polar surface area (TPSA) is 63.8 Å². The summed E-state index contributed by atoms with van der Waals surface area (Å²) >= 11 is 1.47. The van der Waals surface area contributed by atoms with E-state index in [1.165, 1.54) is 11.8 Å². The van der Waals surface area contributed by atoms with Gasteiger partial charge in [-0.3, -0.25) is 0 Å². The standard InChI is InChI=1S/C14H14N4OS.2ClH/c1-9-7-13(19)17-14(15-9)20-8-12-16-10-5-3-4-6-11(10)18(12)2;;/h3-7H,8H2,1-2H3,(H,15,17,19);2*1H. The molecule has 0 spiro atoms. The second kappa shape index (κ2) is 7.67. The van der Waals surface area contributed by atoms with Gasteiger partial charge in [0.15, 0.2) is 5.16 Å². The normalized spacial score (nSPS) is 10.1. The Labute approximate surface area is 145 Å². The van der Waals surface area contributed by atoms with Crippen LogP contribution < -0.4 is 0 Å². The molecule has 0 unspecified atom stereocenters. The van der Waals surface area contributed by atoms with Crippen LogP contribution in [0.15, 0.2) is 35.5 Å². The van der Waals surface area contributed by atoms with E-state index in [0.717, 1.165) is 22.6 Å². The molecule has 0 aliphatic heterocycles. The summed E-state index contributed by atoms with van der Waals surface area (Å²) in [6, 6.07) is 9.57. The van der Waals surface area contributed by atoms with Gasteiger partial charge in [0, 0.05) is 18.8 Å². The van der Waals surface area contributed by atoms with E-state index in [2.05, 4.69) is 19.5 Å². The SMILES string of the molecule is Cc1cc(O)nc(SCc2nc3ccccc3n2C)n1.Cl.Cl. The fraction of sp³-hybridized carbons (Fsp3) is 0.214. The van der Waals surface area contributed by atoms with Crippen LogP contribution in [0.2, 0.25) is 0 Å². The zero-order chi connectivity index (χ0) is 14.1. The maximum absolute atomic E-state index is 9.47. The van der Waals surface area contributed by atoms with Crippen molar-refractivity contribution >= 4 is 47.6 Å². The molecular weight excluding hydrogens is 343 g/mol. The number of aromatic nitrogens is 4. The minimum absolute atomic E-state index is 0. The van der Waals surface area contributed by atoms with Gasteiger partial charge in [-0.25, -0.2) is 9.97 Å². The quantitative estimate of drug-likeness (QED) is 0.573. The van der Waals surface area contributed by atoms with Gasteiger partial charge in [-0.05, 0) is 19.1 Å². The van der Waals surface area contributed by atoms with Crippen molar-refractivity contribution < 1.29 is 5.11 Å². The van der Waals surface area contributed by atoms with Crippen LogP contribution in [0.4, 0.5) is 0 Å². The maximum atomic E-state index is 9.47. The van der Waals surface area contributed by atoms with Crippen LogP contribution in [0.3, 0.4) is 0 Å². The van der Waals surface area contributed by atoms with Crippen LogP contribution in [-0.4, -0.2) is 24.6 Å². The molecule has 0 fully saturated rings. The predicted molar refractivity (Wildman–Crippen MR) is 93.2 cm³/mol. The van der Waals surface area contributed by atoms with Gasteiger partial charge < -0.3 is 9.67 Å². The average molecular weight is 359 g/mol. The molecule has 3 aromatic rings. The van der Waals surface area contributed by atoms with E-state index in [-0.39, 0.29) is 30.7 Å². The number of halogens is 2. The Morgan fingerprint density at radius 2 is 1.86 bits per heavy atom. The van der Waals surface area contributed by atoms with Crippen LogP contribution in [0.25, 0.3) is 11.0 Å². The number of nitrogens with zero attached hydrogens (tertiary/aromatic N) is 4. The molecule has 8 heteroatoms. The zero-order valence-corrected chi connectivity index (χ0v) is 14.5. The number of hydrogen-bond donors (Lipinski definition) is 1. The minimum Gasteiger partial charge on any atom is -0.493 e. The highest BCUT2D eigenvalue weighted by molar-refractivity contribution is 7.98. The number of rotatable bonds is 3. The number of imidazole rings is 1. The van der Waals surface area contributed by atoms with Crippen molar-refractivity contribution in [2.75, 3.05) is 0 Å². The lowest BCUT2D eigenvalue weighted by atomic mass is 10.3. The molecule has 0 saturated heterocycles. The molecule has 1 aromatic carbocycles. The Kier molecular flexibility index (Phi) is 6.47. The van der Waals surface area contributed by atoms with Crippen LogP contribution in [0.5, 0.6) is 5.88 Å². The summed E-state index contributed by atoms with van der Waals surface area (Å²) in [6.07, 6.45) is 0. The van der Waals surface area contributed by atoms with Crippen LogP contribution in [0, 0.1) is 6.92 Å². The monoisotopic (exact) mass is 358 g/mol. The van der Waals surface area contributed by atoms with Gasteiger partial charge in [0.05, 0.1) is 16.8 Å². The van der Waals surface area contributed by atoms with Crippen molar-refractivity contribution in [3.63, 3.8) is 0 Å². The van der Waals surface area contributed by atoms with Gasteiger partial charge in [-0.15, -0.1) is 24.8 Å². The highest BCUT2D eigenvalue weighted by Crippen LogP contribution is 2.23. The van der Waals surface area contributed by atoms with E-state index in [1.807, 2.05) is 38.2 Å². The fourth-order valence-electron chi connectivity index (χ4n) is 2.04. The molecule has 1 N–H and O–H groups in total. The molecule has 22 heavy (non-hydrogen) atoms. The van der Waals surface area contributed by atoms with Gasteiger partial charge >= 0.3 is 0 Å². The number of fused-ring (bicyclic) bond motifs is 1. The first-order valence-electron chi connectivity index (χ1n) is 6.21. The first kappa shape index (κ1) is 18.5. The Hall–Kier alpha value is -1.50. The summed E-state index contributed by atoms with van der Waals surface area (Å²) in [5.41, 5.74) is 2.85. The van der Waals surface area contributed by atoms with Crippen molar-refractivity contribution in [1.29, 1.82) is 0 Å². The number of para-hydroxylation sites is 2. The highest BCUT2D eigenvalue weighted by Gasteiger charge is 2.09. The third kappa shape index (κ3) is 3.82. The summed E-state index contributed by atoms with van der Waals surface area (Å²) in [5.74, 6) is 1.62. The Bertz CT molecular complexity index is 758. The third-order valence-electron chi connectivity index (χ3n) is 3.03. The average Bonchev–Trinajstić information content (AvgIpc) is 2.73. The molecule has 3 rings (SSSR count). The number of aromatic hydroxyl groups is 1. The third-order valence-corrected chi connectivity index (χ3v) is 3.87. The number of hydrogen-bond acceptors (Lipinski definition) is 5. The second-order valence-corrected chi connectivity index (χ2v) is 5.46. The summed E-state index contributed by atoms with van der Waals surface area (Å²) in [4.78, 5) is 12.9. The first-order valence-corrected chi connectivity index (χ1v) is 7.20. The van der Waals surface area contributed by atoms with Crippen molar-refractivity contribution in [2.45, 2.75) is 17.8 Å². The lowest BCUT2D eigenvalue weighted by Crippen LogP contribution is -1.97. The zero-order valence-electron chi connectivity index (χ0n) is 12.1. The Morgan fingerprint density at radius 3 is 2.55 bits per heavy atom. The van der Waals surface area contributed by atoms with E-state index in [0.29, 0.717) is 10.9 Å². The van der Waals surface area contributed by atoms with E-state index >= 15 is 0 Å². The molecule has 2 aromatic heterocycles. The van der Waals surface area contributed by atoms with Gasteiger partial charge in [0.2, 0.25) is 5.88 Å². The maximum Gasteiger partial charge on any atom is 0.215 e. The fourth-order valence-corrected chi connectivity index (χ4v) is 2.93. The molecule has 118 valence electrons. The van der Waals surface area contributed by atoms with Gasteiger partial charge in [-0.1, -0.05) is 23.9 Å². The largest absolute Gasteiger partial charge is 0.493 e. The van der Waals surface area contributed by atoms with Gasteiger partial charge in [0.25, 0.3) is 0 Å². The van der Waals surface area contributed by atoms with Crippen molar-refractivity contribution in [3.8, 4) is 5.88 Å². The molecule has 0 saturated carbocycles. The smallest absolute Gasteiger partial charge is 0.215 e. The molecule has 2 heterocycles. The van der Waals surface area contributed by atoms with Crippen LogP contribution >= 0.6 is 36.6 Å². The Balaban J connectivity index is 0.00000121. The molecular formula is C14H16Cl2N4OS.